The van der Waals surface area contributed by atoms with Crippen molar-refractivity contribution in [2.75, 3.05) is 18.7 Å². The van der Waals surface area contributed by atoms with Crippen LogP contribution in [0.5, 0.6) is 17.5 Å². The van der Waals surface area contributed by atoms with E-state index in [0.717, 1.165) is 26.2 Å². The van der Waals surface area contributed by atoms with E-state index in [4.69, 9.17) is 14.3 Å². The lowest BCUT2D eigenvalue weighted by Crippen LogP contribution is -2.21. The number of ether oxygens (including phenoxy) is 2. The third kappa shape index (κ3) is 5.39. The normalized spacial score (nSPS) is 15.3. The fourth-order valence-electron chi connectivity index (χ4n) is 3.93. The first kappa shape index (κ1) is 27.2. The molecule has 38 heavy (non-hydrogen) atoms. The van der Waals surface area contributed by atoms with Crippen molar-refractivity contribution in [1.29, 1.82) is 4.78 Å². The molecule has 0 radical (unpaired) electrons. The Balaban J connectivity index is 1.77. The minimum absolute atomic E-state index is 0.0304. The van der Waals surface area contributed by atoms with Gasteiger partial charge in [-0.3, -0.25) is 4.79 Å². The Morgan fingerprint density at radius 1 is 1.21 bits per heavy atom. The third-order valence-corrected chi connectivity index (χ3v) is 7.29. The van der Waals surface area contributed by atoms with Crippen molar-refractivity contribution in [3.63, 3.8) is 0 Å². The maximum atomic E-state index is 15.1. The molecular formula is C24H23F4N5O4S. The van der Waals surface area contributed by atoms with Crippen molar-refractivity contribution < 1.29 is 36.0 Å². The standard InChI is InChI=1S/C24H23F4N5O4S/c1-12-17(21(34)31-14-8-5-9-15(10-14)38(3,29)35)22(33-32-20(12)24(26,27)28)37-23-19(36-2)18(25)16(11-30-23)13-6-4-7-13/h5,8-11,13,29H,4,6-7H2,1-3H3,(H,31,34). The number of nitrogens with one attached hydrogen (secondary N) is 2. The summed E-state index contributed by atoms with van der Waals surface area (Å²) < 4.78 is 86.3. The number of aromatic nitrogens is 3. The number of carbonyl (C=O) groups excluding carboxylic acids is 1. The molecule has 1 aliphatic carbocycles. The third-order valence-electron chi connectivity index (χ3n) is 6.13. The average molecular weight is 554 g/mol. The molecular weight excluding hydrogens is 530 g/mol. The molecule has 2 heterocycles. The zero-order valence-corrected chi connectivity index (χ0v) is 21.3. The van der Waals surface area contributed by atoms with E-state index in [1.165, 1.54) is 43.8 Å². The number of anilines is 1. The van der Waals surface area contributed by atoms with E-state index in [2.05, 4.69) is 20.5 Å². The van der Waals surface area contributed by atoms with Gasteiger partial charge in [-0.15, -0.1) is 10.2 Å². The van der Waals surface area contributed by atoms with E-state index in [1.807, 2.05) is 0 Å². The molecule has 1 saturated carbocycles. The smallest absolute Gasteiger partial charge is 0.435 e. The Morgan fingerprint density at radius 2 is 1.92 bits per heavy atom. The summed E-state index contributed by atoms with van der Waals surface area (Å²) in [5.74, 6) is -3.31. The minimum Gasteiger partial charge on any atom is -0.489 e. The molecule has 1 amide bonds. The van der Waals surface area contributed by atoms with Crippen LogP contribution in [0.1, 0.15) is 52.4 Å². The Hall–Kier alpha value is -3.81. The lowest BCUT2D eigenvalue weighted by Gasteiger charge is -2.26. The Kier molecular flexibility index (Phi) is 7.28. The highest BCUT2D eigenvalue weighted by Gasteiger charge is 2.38. The second-order valence-corrected chi connectivity index (χ2v) is 10.9. The number of methoxy groups -OCH3 is 1. The second kappa shape index (κ2) is 10.2. The van der Waals surface area contributed by atoms with Gasteiger partial charge in [0, 0.05) is 28.6 Å². The average Bonchev–Trinajstić information content (AvgIpc) is 2.78. The van der Waals surface area contributed by atoms with Gasteiger partial charge >= 0.3 is 6.18 Å². The van der Waals surface area contributed by atoms with Crippen LogP contribution in [-0.4, -0.2) is 38.7 Å². The maximum Gasteiger partial charge on any atom is 0.435 e. The van der Waals surface area contributed by atoms with Crippen LogP contribution in [0.2, 0.25) is 0 Å². The molecule has 0 aliphatic heterocycles. The van der Waals surface area contributed by atoms with Crippen LogP contribution in [0.3, 0.4) is 0 Å². The molecule has 0 spiro atoms. The summed E-state index contributed by atoms with van der Waals surface area (Å²) in [5.41, 5.74) is -2.25. The maximum absolute atomic E-state index is 15.1. The molecule has 0 saturated heterocycles. The summed E-state index contributed by atoms with van der Waals surface area (Å²) in [6, 6.07) is 5.52. The minimum atomic E-state index is -4.93. The number of halogens is 4. The van der Waals surface area contributed by atoms with Gasteiger partial charge in [0.25, 0.3) is 17.7 Å². The van der Waals surface area contributed by atoms with Gasteiger partial charge in [0.15, 0.2) is 11.5 Å². The topological polar surface area (TPSA) is 127 Å². The van der Waals surface area contributed by atoms with E-state index < -0.39 is 56.2 Å². The van der Waals surface area contributed by atoms with Gasteiger partial charge in [0.1, 0.15) is 5.56 Å². The number of benzene rings is 1. The molecule has 2 N–H and O–H groups in total. The predicted molar refractivity (Wildman–Crippen MR) is 129 cm³/mol. The van der Waals surface area contributed by atoms with E-state index in [0.29, 0.717) is 5.56 Å². The molecule has 1 unspecified atom stereocenters. The largest absolute Gasteiger partial charge is 0.489 e. The molecule has 0 bridgehead atoms. The van der Waals surface area contributed by atoms with Crippen molar-refractivity contribution >= 4 is 21.3 Å². The molecule has 1 aromatic carbocycles. The zero-order valence-electron chi connectivity index (χ0n) is 20.5. The summed E-state index contributed by atoms with van der Waals surface area (Å²) in [6.07, 6.45) is 0.0199. The molecule has 1 atom stereocenters. The summed E-state index contributed by atoms with van der Waals surface area (Å²) in [5, 5.41) is 9.05. The van der Waals surface area contributed by atoms with Gasteiger partial charge < -0.3 is 14.8 Å². The lowest BCUT2D eigenvalue weighted by atomic mass is 9.80. The SMILES string of the molecule is COc1c(Oc2nnc(C(F)(F)F)c(C)c2C(=O)Nc2cccc(S(C)(=N)=O)c2)ncc(C2CCC2)c1F. The molecule has 1 fully saturated rings. The molecule has 202 valence electrons. The van der Waals surface area contributed by atoms with Crippen LogP contribution >= 0.6 is 0 Å². The predicted octanol–water partition coefficient (Wildman–Crippen LogP) is 5.69. The van der Waals surface area contributed by atoms with Crippen LogP contribution in [0, 0.1) is 17.5 Å². The van der Waals surface area contributed by atoms with Gasteiger partial charge in [-0.1, -0.05) is 12.5 Å². The van der Waals surface area contributed by atoms with Gasteiger partial charge in [-0.25, -0.2) is 18.4 Å². The van der Waals surface area contributed by atoms with Crippen molar-refractivity contribution in [2.45, 2.75) is 43.2 Å². The first-order valence-electron chi connectivity index (χ1n) is 11.3. The highest BCUT2D eigenvalue weighted by atomic mass is 32.2. The van der Waals surface area contributed by atoms with Crippen LogP contribution < -0.4 is 14.8 Å². The molecule has 4 rings (SSSR count). The van der Waals surface area contributed by atoms with Gasteiger partial charge in [-0.05, 0) is 49.4 Å². The number of hydrogen-bond acceptors (Lipinski definition) is 8. The number of rotatable bonds is 7. The highest BCUT2D eigenvalue weighted by Crippen LogP contribution is 2.43. The number of pyridine rings is 1. The first-order valence-corrected chi connectivity index (χ1v) is 13.3. The van der Waals surface area contributed by atoms with Crippen molar-refractivity contribution in [3.8, 4) is 17.5 Å². The number of carbonyl (C=O) groups is 1. The van der Waals surface area contributed by atoms with E-state index in [-0.39, 0.29) is 22.3 Å². The fraction of sp³-hybridized carbons (Fsp3) is 0.333. The monoisotopic (exact) mass is 553 g/mol. The van der Waals surface area contributed by atoms with Gasteiger partial charge in [0.05, 0.1) is 16.8 Å². The number of amides is 1. The summed E-state index contributed by atoms with van der Waals surface area (Å²) in [6.45, 7) is 1.02. The molecule has 9 nitrogen and oxygen atoms in total. The number of nitrogens with zero attached hydrogens (tertiary/aromatic N) is 3. The quantitative estimate of drug-likeness (QED) is 0.360. The van der Waals surface area contributed by atoms with Crippen LogP contribution in [-0.2, 0) is 15.9 Å². The Bertz CT molecular complexity index is 1510. The Labute approximate surface area is 215 Å². The summed E-state index contributed by atoms with van der Waals surface area (Å²) in [4.78, 5) is 17.4. The first-order chi connectivity index (χ1) is 17.8. The van der Waals surface area contributed by atoms with Crippen LogP contribution in [0.15, 0.2) is 35.4 Å². The fourth-order valence-corrected chi connectivity index (χ4v) is 4.62. The van der Waals surface area contributed by atoms with E-state index >= 15 is 4.39 Å². The van der Waals surface area contributed by atoms with Gasteiger partial charge in [-0.2, -0.15) is 13.2 Å². The summed E-state index contributed by atoms with van der Waals surface area (Å²) in [7, 11) is -1.95. The van der Waals surface area contributed by atoms with E-state index in [9.17, 15) is 22.2 Å². The number of hydrogen-bond donors (Lipinski definition) is 2. The molecule has 14 heteroatoms. The molecule has 2 aromatic heterocycles. The molecule has 3 aromatic rings. The van der Waals surface area contributed by atoms with Crippen molar-refractivity contribution in [2.24, 2.45) is 0 Å². The summed E-state index contributed by atoms with van der Waals surface area (Å²) >= 11 is 0. The van der Waals surface area contributed by atoms with Crippen LogP contribution in [0.25, 0.3) is 0 Å². The van der Waals surface area contributed by atoms with Crippen molar-refractivity contribution in [1.82, 2.24) is 15.2 Å². The number of alkyl halides is 3. The zero-order chi connectivity index (χ0) is 27.8. The second-order valence-electron chi connectivity index (χ2n) is 8.77. The highest BCUT2D eigenvalue weighted by molar-refractivity contribution is 7.91. The Morgan fingerprint density at radius 3 is 2.50 bits per heavy atom. The van der Waals surface area contributed by atoms with E-state index in [1.54, 1.807) is 0 Å². The van der Waals surface area contributed by atoms with Gasteiger partial charge in [0.2, 0.25) is 5.75 Å². The van der Waals surface area contributed by atoms with Crippen LogP contribution in [0.4, 0.5) is 23.2 Å². The van der Waals surface area contributed by atoms with Crippen molar-refractivity contribution in [3.05, 3.63) is 58.7 Å². The molecule has 1 aliphatic rings. The lowest BCUT2D eigenvalue weighted by molar-refractivity contribution is -0.142.